The maximum atomic E-state index is 13.0. The molecule has 2 N–H and O–H groups in total. The van der Waals surface area contributed by atoms with Crippen LogP contribution in [0.5, 0.6) is 0 Å². The van der Waals surface area contributed by atoms with Gasteiger partial charge in [0.15, 0.2) is 0 Å². The van der Waals surface area contributed by atoms with E-state index in [0.29, 0.717) is 0 Å². The van der Waals surface area contributed by atoms with Gasteiger partial charge in [-0.1, -0.05) is 18.2 Å². The monoisotopic (exact) mass is 389 g/mol. The summed E-state index contributed by atoms with van der Waals surface area (Å²) in [6.07, 6.45) is 2.69. The summed E-state index contributed by atoms with van der Waals surface area (Å²) in [4.78, 5) is 15.0. The molecule has 7 nitrogen and oxygen atoms in total. The zero-order chi connectivity index (χ0) is 19.4. The molecule has 0 aliphatic rings. The number of hydroxylamine groups is 1. The van der Waals surface area contributed by atoms with E-state index in [1.807, 2.05) is 0 Å². The summed E-state index contributed by atoms with van der Waals surface area (Å²) in [7, 11) is -5.58. The van der Waals surface area contributed by atoms with Crippen LogP contribution >= 0.6 is 0 Å². The van der Waals surface area contributed by atoms with E-state index in [1.54, 1.807) is 0 Å². The first-order valence-electron chi connectivity index (χ1n) is 7.14. The highest BCUT2D eigenvalue weighted by atomic mass is 32.2. The lowest BCUT2D eigenvalue weighted by Gasteiger charge is -2.23. The molecule has 2 aromatic rings. The third kappa shape index (κ3) is 4.56. The number of sulfonamides is 1. The Morgan fingerprint density at radius 1 is 1.12 bits per heavy atom. The second-order valence-corrected chi connectivity index (χ2v) is 7.15. The maximum Gasteiger partial charge on any atom is 0.511 e. The van der Waals surface area contributed by atoms with Gasteiger partial charge in [0.05, 0.1) is 0 Å². The largest absolute Gasteiger partial charge is 0.511 e. The van der Waals surface area contributed by atoms with Gasteiger partial charge in [0, 0.05) is 31.0 Å². The van der Waals surface area contributed by atoms with Crippen molar-refractivity contribution in [2.75, 3.05) is 0 Å². The normalized spacial score (nSPS) is 12.2. The Hall–Kier alpha value is -2.50. The van der Waals surface area contributed by atoms with Crippen molar-refractivity contribution in [1.82, 2.24) is 14.8 Å². The van der Waals surface area contributed by atoms with Crippen LogP contribution < -0.4 is 5.48 Å². The predicted molar refractivity (Wildman–Crippen MR) is 84.2 cm³/mol. The summed E-state index contributed by atoms with van der Waals surface area (Å²) in [6, 6.07) is 8.04. The molecule has 1 amide bonds. The van der Waals surface area contributed by atoms with Crippen molar-refractivity contribution in [3.8, 4) is 0 Å². The second kappa shape index (κ2) is 7.81. The fourth-order valence-electron chi connectivity index (χ4n) is 2.10. The van der Waals surface area contributed by atoms with Gasteiger partial charge in [-0.3, -0.25) is 15.0 Å². The molecule has 1 aromatic carbocycles. The summed E-state index contributed by atoms with van der Waals surface area (Å²) in [6.45, 7) is -1.08. The van der Waals surface area contributed by atoms with Crippen molar-refractivity contribution in [2.45, 2.75) is 18.6 Å². The Morgan fingerprint density at radius 3 is 2.23 bits per heavy atom. The van der Waals surface area contributed by atoms with Gasteiger partial charge in [0.2, 0.25) is 0 Å². The van der Waals surface area contributed by atoms with Crippen molar-refractivity contribution < 1.29 is 31.6 Å². The SMILES string of the molecule is O=C(NO)c1ccc(CN(Cc2cccnc2)S(=O)(=O)C(F)(F)F)cc1. The van der Waals surface area contributed by atoms with Crippen molar-refractivity contribution in [1.29, 1.82) is 0 Å². The minimum Gasteiger partial charge on any atom is -0.288 e. The van der Waals surface area contributed by atoms with Crippen molar-refractivity contribution in [3.63, 3.8) is 0 Å². The average molecular weight is 389 g/mol. The van der Waals surface area contributed by atoms with Crippen LogP contribution in [0, 0.1) is 0 Å². The van der Waals surface area contributed by atoms with Crippen LogP contribution in [0.2, 0.25) is 0 Å². The number of rotatable bonds is 6. The highest BCUT2D eigenvalue weighted by molar-refractivity contribution is 7.89. The summed E-state index contributed by atoms with van der Waals surface area (Å²) >= 11 is 0. The van der Waals surface area contributed by atoms with Crippen LogP contribution in [0.1, 0.15) is 21.5 Å². The molecule has 26 heavy (non-hydrogen) atoms. The number of pyridine rings is 1. The lowest BCUT2D eigenvalue weighted by atomic mass is 10.1. The molecule has 0 spiro atoms. The lowest BCUT2D eigenvalue weighted by Crippen LogP contribution is -2.39. The molecule has 11 heteroatoms. The molecule has 0 radical (unpaired) electrons. The van der Waals surface area contributed by atoms with Crippen molar-refractivity contribution >= 4 is 15.9 Å². The number of aromatic nitrogens is 1. The molecule has 1 heterocycles. The number of benzene rings is 1. The van der Waals surface area contributed by atoms with Crippen LogP contribution in [0.4, 0.5) is 13.2 Å². The van der Waals surface area contributed by atoms with Gasteiger partial charge in [0.25, 0.3) is 5.91 Å². The smallest absolute Gasteiger partial charge is 0.288 e. The van der Waals surface area contributed by atoms with Crippen LogP contribution in [0.3, 0.4) is 0 Å². The number of amides is 1. The van der Waals surface area contributed by atoms with Crippen molar-refractivity contribution in [3.05, 3.63) is 65.5 Å². The van der Waals surface area contributed by atoms with Crippen LogP contribution in [0.15, 0.2) is 48.8 Å². The fraction of sp³-hybridized carbons (Fsp3) is 0.200. The Labute approximate surface area is 147 Å². The lowest BCUT2D eigenvalue weighted by molar-refractivity contribution is -0.0494. The van der Waals surface area contributed by atoms with E-state index < -0.39 is 34.5 Å². The number of carbonyl (C=O) groups excluding carboxylic acids is 1. The summed E-state index contributed by atoms with van der Waals surface area (Å²) in [5.74, 6) is -0.799. The van der Waals surface area contributed by atoms with Gasteiger partial charge in [0.1, 0.15) is 0 Å². The molecule has 0 unspecified atom stereocenters. The molecule has 0 bridgehead atoms. The van der Waals surface area contributed by atoms with Gasteiger partial charge in [-0.2, -0.15) is 17.5 Å². The van der Waals surface area contributed by atoms with Gasteiger partial charge >= 0.3 is 15.5 Å². The average Bonchev–Trinajstić information content (AvgIpc) is 2.61. The molecule has 0 saturated heterocycles. The van der Waals surface area contributed by atoms with E-state index >= 15 is 0 Å². The van der Waals surface area contributed by atoms with Crippen LogP contribution in [-0.2, 0) is 23.1 Å². The maximum absolute atomic E-state index is 13.0. The van der Waals surface area contributed by atoms with E-state index in [9.17, 15) is 26.4 Å². The Balaban J connectivity index is 2.31. The third-order valence-corrected chi connectivity index (χ3v) is 4.91. The summed E-state index contributed by atoms with van der Waals surface area (Å²) in [5.41, 5.74) is -3.45. The minimum absolute atomic E-state index is 0.0636. The second-order valence-electron chi connectivity index (χ2n) is 5.22. The zero-order valence-corrected chi connectivity index (χ0v) is 14.0. The quantitative estimate of drug-likeness (QED) is 0.582. The fourth-order valence-corrected chi connectivity index (χ4v) is 3.03. The van der Waals surface area contributed by atoms with Crippen molar-refractivity contribution in [2.24, 2.45) is 0 Å². The highest BCUT2D eigenvalue weighted by Crippen LogP contribution is 2.29. The molecule has 0 aliphatic heterocycles. The number of carbonyl (C=O) groups is 1. The van der Waals surface area contributed by atoms with E-state index in [0.717, 1.165) is 0 Å². The molecule has 0 atom stereocenters. The van der Waals surface area contributed by atoms with Gasteiger partial charge < -0.3 is 0 Å². The first-order valence-corrected chi connectivity index (χ1v) is 8.58. The highest BCUT2D eigenvalue weighted by Gasteiger charge is 2.49. The number of alkyl halides is 3. The Morgan fingerprint density at radius 2 is 1.73 bits per heavy atom. The topological polar surface area (TPSA) is 99.6 Å². The third-order valence-electron chi connectivity index (χ3n) is 3.39. The molecular weight excluding hydrogens is 375 g/mol. The standard InChI is InChI=1S/C15H14F3N3O4S/c16-15(17,18)26(24,25)21(10-12-2-1-7-19-8-12)9-11-3-5-13(6-4-11)14(22)20-23/h1-8,23H,9-10H2,(H,20,22). The molecular formula is C15H14F3N3O4S. The zero-order valence-electron chi connectivity index (χ0n) is 13.1. The van der Waals surface area contributed by atoms with Crippen LogP contribution in [-0.4, -0.2) is 34.3 Å². The number of nitrogens with one attached hydrogen (secondary N) is 1. The number of halogens is 3. The molecule has 1 aromatic heterocycles. The molecule has 2 rings (SSSR count). The molecule has 0 fully saturated rings. The first kappa shape index (κ1) is 19.8. The minimum atomic E-state index is -5.58. The van der Waals surface area contributed by atoms with Crippen LogP contribution in [0.25, 0.3) is 0 Å². The van der Waals surface area contributed by atoms with Gasteiger partial charge in [-0.05, 0) is 29.3 Å². The Kier molecular flexibility index (Phi) is 5.95. The van der Waals surface area contributed by atoms with E-state index in [2.05, 4.69) is 4.98 Å². The molecule has 140 valence electrons. The number of hydrogen-bond donors (Lipinski definition) is 2. The molecule has 0 aliphatic carbocycles. The van der Waals surface area contributed by atoms with E-state index in [4.69, 9.17) is 5.21 Å². The first-order chi connectivity index (χ1) is 12.1. The predicted octanol–water partition coefficient (Wildman–Crippen LogP) is 2.05. The van der Waals surface area contributed by atoms with Gasteiger partial charge in [-0.25, -0.2) is 13.9 Å². The van der Waals surface area contributed by atoms with E-state index in [1.165, 1.54) is 54.3 Å². The van der Waals surface area contributed by atoms with E-state index in [-0.39, 0.29) is 21.0 Å². The Bertz CT molecular complexity index is 856. The summed E-state index contributed by atoms with van der Waals surface area (Å²) in [5, 5.41) is 8.55. The number of hydrogen-bond acceptors (Lipinski definition) is 5. The number of nitrogens with zero attached hydrogens (tertiary/aromatic N) is 2. The van der Waals surface area contributed by atoms with Gasteiger partial charge in [-0.15, -0.1) is 0 Å². The molecule has 0 saturated carbocycles. The summed E-state index contributed by atoms with van der Waals surface area (Å²) < 4.78 is 63.0.